The zero-order valence-corrected chi connectivity index (χ0v) is 17.0. The number of nitrogens with zero attached hydrogens (tertiary/aromatic N) is 1. The fourth-order valence-corrected chi connectivity index (χ4v) is 3.42. The van der Waals surface area contributed by atoms with Crippen molar-refractivity contribution in [3.63, 3.8) is 0 Å². The van der Waals surface area contributed by atoms with Gasteiger partial charge in [0.15, 0.2) is 17.5 Å². The lowest BCUT2D eigenvalue weighted by molar-refractivity contribution is 0.102. The highest BCUT2D eigenvalue weighted by atomic mass is 32.2. The summed E-state index contributed by atoms with van der Waals surface area (Å²) < 4.78 is 64.4. The lowest BCUT2D eigenvalue weighted by Gasteiger charge is -2.27. The number of benzene rings is 3. The molecule has 0 spiro atoms. The second-order valence-electron chi connectivity index (χ2n) is 6.63. The van der Waals surface area contributed by atoms with Gasteiger partial charge in [0.1, 0.15) is 0 Å². The smallest absolute Gasteiger partial charge is 0.488 e. The molecule has 0 saturated carbocycles. The average molecular weight is 463 g/mol. The molecule has 7 nitrogen and oxygen atoms in total. The molecule has 3 aromatic rings. The summed E-state index contributed by atoms with van der Waals surface area (Å²) in [5.74, 6) is -5.43. The third-order valence-electron chi connectivity index (χ3n) is 4.39. The molecule has 0 saturated heterocycles. The van der Waals surface area contributed by atoms with E-state index in [1.165, 1.54) is 42.5 Å². The number of halogens is 3. The van der Waals surface area contributed by atoms with Crippen LogP contribution in [0.1, 0.15) is 15.9 Å². The van der Waals surface area contributed by atoms with E-state index in [9.17, 15) is 36.8 Å². The van der Waals surface area contributed by atoms with Crippen LogP contribution in [0.5, 0.6) is 0 Å². The summed E-state index contributed by atoms with van der Waals surface area (Å²) in [4.78, 5) is 12.5. The van der Waals surface area contributed by atoms with Crippen LogP contribution in [0.25, 0.3) is 0 Å². The Balaban J connectivity index is 1.84. The maximum Gasteiger partial charge on any atom is 0.488 e. The molecule has 0 aromatic heterocycles. The average Bonchev–Trinajstić information content (AvgIpc) is 2.75. The van der Waals surface area contributed by atoms with Gasteiger partial charge < -0.3 is 19.9 Å². The van der Waals surface area contributed by atoms with Crippen molar-refractivity contribution in [1.29, 1.82) is 0 Å². The van der Waals surface area contributed by atoms with Gasteiger partial charge in [-0.1, -0.05) is 30.3 Å². The van der Waals surface area contributed by atoms with Crippen molar-refractivity contribution in [2.75, 3.05) is 9.62 Å². The summed E-state index contributed by atoms with van der Waals surface area (Å²) in [7, 11) is -1.73. The number of carbonyl (C=O) groups excluding carboxylic acids is 1. The number of anilines is 2. The monoisotopic (exact) mass is 463 g/mol. The summed E-state index contributed by atoms with van der Waals surface area (Å²) in [5, 5.41) is 20.8. The van der Waals surface area contributed by atoms with Gasteiger partial charge in [-0.15, -0.1) is 0 Å². The van der Waals surface area contributed by atoms with Crippen LogP contribution >= 0.6 is 0 Å². The summed E-state index contributed by atoms with van der Waals surface area (Å²) in [6.07, 6.45) is 0. The Hall–Kier alpha value is -3.19. The van der Waals surface area contributed by atoms with Gasteiger partial charge in [-0.25, -0.2) is 13.2 Å². The van der Waals surface area contributed by atoms with Crippen LogP contribution in [0.2, 0.25) is 0 Å². The standard InChI is InChI=1S/C20H16BF3N2O5S/c22-17-9-15(10-18(23)19(17)24)25-20(27)13-4-2-6-16(8-13)26(32(30)31)11-12-3-1-5-14(7-12)21(28)29/h1-10,28-29H,11H2,(H,25,27)(H,30,31)/p-1. The molecule has 1 unspecified atom stereocenters. The van der Waals surface area contributed by atoms with Crippen LogP contribution in [0.4, 0.5) is 24.5 Å². The van der Waals surface area contributed by atoms with Gasteiger partial charge in [0, 0.05) is 40.3 Å². The molecule has 3 N–H and O–H groups in total. The molecule has 0 bridgehead atoms. The van der Waals surface area contributed by atoms with E-state index in [4.69, 9.17) is 0 Å². The van der Waals surface area contributed by atoms with E-state index in [0.29, 0.717) is 17.7 Å². The van der Waals surface area contributed by atoms with Gasteiger partial charge in [0.05, 0.1) is 6.54 Å². The molecular formula is C20H15BF3N2O5S-. The van der Waals surface area contributed by atoms with E-state index in [0.717, 1.165) is 4.31 Å². The first-order chi connectivity index (χ1) is 15.2. The van der Waals surface area contributed by atoms with Crippen LogP contribution in [0.15, 0.2) is 60.7 Å². The summed E-state index contributed by atoms with van der Waals surface area (Å²) in [6, 6.07) is 12.6. The lowest BCUT2D eigenvalue weighted by Crippen LogP contribution is -2.31. The summed E-state index contributed by atoms with van der Waals surface area (Å²) in [5.41, 5.74) is 0.387. The zero-order chi connectivity index (χ0) is 23.4. The molecule has 0 fully saturated rings. The van der Waals surface area contributed by atoms with E-state index in [-0.39, 0.29) is 28.9 Å². The first-order valence-electron chi connectivity index (χ1n) is 9.03. The van der Waals surface area contributed by atoms with Gasteiger partial charge in [0.2, 0.25) is 0 Å². The number of amides is 1. The minimum Gasteiger partial charge on any atom is -0.755 e. The number of hydrogen-bond donors (Lipinski definition) is 3. The van der Waals surface area contributed by atoms with Crippen molar-refractivity contribution in [1.82, 2.24) is 0 Å². The molecule has 32 heavy (non-hydrogen) atoms. The number of rotatable bonds is 7. The SMILES string of the molecule is O=C(Nc1cc(F)c(F)c(F)c1)c1cccc(N(Cc2cccc(B(O)O)c2)S(=O)[O-])c1. The van der Waals surface area contributed by atoms with Crippen LogP contribution in [0, 0.1) is 17.5 Å². The lowest BCUT2D eigenvalue weighted by atomic mass is 9.79. The third kappa shape index (κ3) is 5.54. The highest BCUT2D eigenvalue weighted by Crippen LogP contribution is 2.22. The molecule has 0 aliphatic heterocycles. The zero-order valence-electron chi connectivity index (χ0n) is 16.2. The molecule has 1 atom stereocenters. The molecule has 3 aromatic carbocycles. The van der Waals surface area contributed by atoms with E-state index in [1.54, 1.807) is 6.07 Å². The van der Waals surface area contributed by atoms with Crippen molar-refractivity contribution in [3.05, 3.63) is 89.2 Å². The molecule has 3 rings (SSSR count). The summed E-state index contributed by atoms with van der Waals surface area (Å²) in [6.45, 7) is -0.171. The highest BCUT2D eigenvalue weighted by molar-refractivity contribution is 7.80. The molecule has 1 amide bonds. The Morgan fingerprint density at radius 3 is 2.31 bits per heavy atom. The number of carbonyl (C=O) groups is 1. The van der Waals surface area contributed by atoms with E-state index in [1.807, 2.05) is 0 Å². The minimum absolute atomic E-state index is 0.0253. The molecule has 0 radical (unpaired) electrons. The van der Waals surface area contributed by atoms with Crippen LogP contribution in [-0.2, 0) is 17.8 Å². The fraction of sp³-hybridized carbons (Fsp3) is 0.0500. The maximum absolute atomic E-state index is 13.4. The van der Waals surface area contributed by atoms with Crippen molar-refractivity contribution in [2.24, 2.45) is 0 Å². The molecule has 12 heteroatoms. The van der Waals surface area contributed by atoms with Gasteiger partial charge >= 0.3 is 7.12 Å². The van der Waals surface area contributed by atoms with E-state index < -0.39 is 41.7 Å². The highest BCUT2D eigenvalue weighted by Gasteiger charge is 2.16. The Kier molecular flexibility index (Phi) is 7.31. The summed E-state index contributed by atoms with van der Waals surface area (Å²) >= 11 is -2.75. The number of hydrogen-bond acceptors (Lipinski definition) is 5. The van der Waals surface area contributed by atoms with Crippen molar-refractivity contribution >= 4 is 41.1 Å². The second-order valence-corrected chi connectivity index (χ2v) is 7.51. The molecule has 0 aliphatic carbocycles. The predicted octanol–water partition coefficient (Wildman–Crippen LogP) is 1.84. The first-order valence-corrected chi connectivity index (χ1v) is 10.1. The Bertz CT molecular complexity index is 1160. The minimum atomic E-state index is -2.75. The Morgan fingerprint density at radius 1 is 1.03 bits per heavy atom. The quantitative estimate of drug-likeness (QED) is 0.281. The molecule has 0 aliphatic rings. The van der Waals surface area contributed by atoms with Crippen molar-refractivity contribution in [3.8, 4) is 0 Å². The fourth-order valence-electron chi connectivity index (χ4n) is 2.88. The predicted molar refractivity (Wildman–Crippen MR) is 112 cm³/mol. The normalized spacial score (nSPS) is 11.7. The molecule has 0 heterocycles. The van der Waals surface area contributed by atoms with Crippen LogP contribution < -0.4 is 15.1 Å². The first kappa shape index (κ1) is 23.5. The van der Waals surface area contributed by atoms with Crippen molar-refractivity contribution < 1.29 is 36.8 Å². The van der Waals surface area contributed by atoms with Crippen LogP contribution in [-0.4, -0.2) is 31.8 Å². The van der Waals surface area contributed by atoms with E-state index >= 15 is 0 Å². The Labute approximate surface area is 183 Å². The third-order valence-corrected chi connectivity index (χ3v) is 5.09. The largest absolute Gasteiger partial charge is 0.755 e. The topological polar surface area (TPSA) is 113 Å². The van der Waals surface area contributed by atoms with Gasteiger partial charge in [0.25, 0.3) is 5.91 Å². The number of nitrogens with one attached hydrogen (secondary N) is 1. The van der Waals surface area contributed by atoms with Gasteiger partial charge in [-0.3, -0.25) is 13.3 Å². The Morgan fingerprint density at radius 2 is 1.69 bits per heavy atom. The second kappa shape index (κ2) is 9.96. The van der Waals surface area contributed by atoms with Crippen LogP contribution in [0.3, 0.4) is 0 Å². The molecular weight excluding hydrogens is 448 g/mol. The van der Waals surface area contributed by atoms with Gasteiger partial charge in [-0.05, 0) is 29.2 Å². The maximum atomic E-state index is 13.4. The molecule has 166 valence electrons. The van der Waals surface area contributed by atoms with Crippen molar-refractivity contribution in [2.45, 2.75) is 6.54 Å². The van der Waals surface area contributed by atoms with Gasteiger partial charge in [-0.2, -0.15) is 0 Å². The van der Waals surface area contributed by atoms with E-state index in [2.05, 4.69) is 5.32 Å².